The zero-order valence-corrected chi connectivity index (χ0v) is 19.9. The summed E-state index contributed by atoms with van der Waals surface area (Å²) >= 11 is 0. The molecule has 1 saturated heterocycles. The topological polar surface area (TPSA) is 38.5 Å². The Labute approximate surface area is 198 Å². The Kier molecular flexibility index (Phi) is 6.41. The van der Waals surface area contributed by atoms with Gasteiger partial charge in [-0.2, -0.15) is 0 Å². The normalized spacial score (nSPS) is 17.1. The summed E-state index contributed by atoms with van der Waals surface area (Å²) in [7, 11) is 0. The number of nitrogens with zero attached hydrogens (tertiary/aromatic N) is 1. The van der Waals surface area contributed by atoms with Crippen molar-refractivity contribution in [2.24, 2.45) is 11.1 Å². The molecule has 3 nitrogen and oxygen atoms in total. The van der Waals surface area contributed by atoms with Gasteiger partial charge in [-0.25, -0.2) is 0 Å². The van der Waals surface area contributed by atoms with E-state index < -0.39 is 0 Å². The summed E-state index contributed by atoms with van der Waals surface area (Å²) in [6, 6.07) is 24.0. The van der Waals surface area contributed by atoms with Crippen molar-refractivity contribution in [3.63, 3.8) is 0 Å². The SMILES string of the molecule is CCc1ccccc1OCc1cc(-c2cccc(CN)c2)cc(N2CC3(CCCCC3)C2)c1. The molecule has 1 spiro atoms. The molecule has 0 aromatic heterocycles. The minimum Gasteiger partial charge on any atom is -0.489 e. The zero-order valence-electron chi connectivity index (χ0n) is 19.9. The van der Waals surface area contributed by atoms with Crippen molar-refractivity contribution in [2.45, 2.75) is 58.6 Å². The predicted molar refractivity (Wildman–Crippen MR) is 138 cm³/mol. The summed E-state index contributed by atoms with van der Waals surface area (Å²) in [5.41, 5.74) is 13.9. The van der Waals surface area contributed by atoms with Gasteiger partial charge in [0, 0.05) is 30.7 Å². The first-order chi connectivity index (χ1) is 16.2. The molecule has 3 aromatic rings. The minimum absolute atomic E-state index is 0.560. The molecule has 5 rings (SSSR count). The molecule has 3 heteroatoms. The fourth-order valence-electron chi connectivity index (χ4n) is 5.65. The van der Waals surface area contributed by atoms with Gasteiger partial charge in [0.25, 0.3) is 0 Å². The lowest BCUT2D eigenvalue weighted by molar-refractivity contribution is 0.139. The Hall–Kier alpha value is -2.78. The fraction of sp³-hybridized carbons (Fsp3) is 0.400. The predicted octanol–water partition coefficient (Wildman–Crippen LogP) is 6.72. The van der Waals surface area contributed by atoms with E-state index in [-0.39, 0.29) is 0 Å². The van der Waals surface area contributed by atoms with E-state index in [9.17, 15) is 0 Å². The largest absolute Gasteiger partial charge is 0.489 e. The second-order valence-corrected chi connectivity index (χ2v) is 9.96. The maximum Gasteiger partial charge on any atom is 0.122 e. The van der Waals surface area contributed by atoms with Gasteiger partial charge in [0.2, 0.25) is 0 Å². The third-order valence-corrected chi connectivity index (χ3v) is 7.55. The van der Waals surface area contributed by atoms with Crippen LogP contribution in [0.2, 0.25) is 0 Å². The number of hydrogen-bond donors (Lipinski definition) is 1. The van der Waals surface area contributed by atoms with E-state index >= 15 is 0 Å². The molecule has 1 heterocycles. The first kappa shape index (κ1) is 22.0. The average molecular weight is 441 g/mol. The quantitative estimate of drug-likeness (QED) is 0.443. The Morgan fingerprint density at radius 1 is 0.848 bits per heavy atom. The second-order valence-electron chi connectivity index (χ2n) is 9.96. The number of ether oxygens (including phenoxy) is 1. The molecule has 2 aliphatic rings. The first-order valence-corrected chi connectivity index (χ1v) is 12.6. The van der Waals surface area contributed by atoms with Crippen molar-refractivity contribution in [3.05, 3.63) is 83.4 Å². The maximum atomic E-state index is 6.31. The molecular formula is C30H36N2O. The van der Waals surface area contributed by atoms with E-state index in [0.717, 1.165) is 17.7 Å². The Balaban J connectivity index is 1.42. The van der Waals surface area contributed by atoms with Crippen LogP contribution >= 0.6 is 0 Å². The standard InChI is InChI=1S/C30H36N2O/c1-2-25-10-4-5-12-29(25)33-20-24-16-27(26-11-8-9-23(15-26)19-31)18-28(17-24)32-21-30(22-32)13-6-3-7-14-30/h4-5,8-12,15-18H,2-3,6-7,13-14,19-22,31H2,1H3. The highest BCUT2D eigenvalue weighted by Crippen LogP contribution is 2.46. The summed E-state index contributed by atoms with van der Waals surface area (Å²) in [5.74, 6) is 0.988. The Bertz CT molecular complexity index is 1090. The maximum absolute atomic E-state index is 6.31. The van der Waals surface area contributed by atoms with Crippen molar-refractivity contribution in [2.75, 3.05) is 18.0 Å². The van der Waals surface area contributed by atoms with Crippen molar-refractivity contribution in [3.8, 4) is 16.9 Å². The molecule has 1 saturated carbocycles. The monoisotopic (exact) mass is 440 g/mol. The van der Waals surface area contributed by atoms with Gasteiger partial charge >= 0.3 is 0 Å². The summed E-state index contributed by atoms with van der Waals surface area (Å²) in [6.07, 6.45) is 7.97. The molecule has 0 atom stereocenters. The van der Waals surface area contributed by atoms with Crippen LogP contribution in [0.4, 0.5) is 5.69 Å². The van der Waals surface area contributed by atoms with E-state index in [1.54, 1.807) is 0 Å². The van der Waals surface area contributed by atoms with Crippen LogP contribution in [0.3, 0.4) is 0 Å². The number of aryl methyl sites for hydroxylation is 1. The van der Waals surface area contributed by atoms with E-state index in [0.29, 0.717) is 18.6 Å². The summed E-state index contributed by atoms with van der Waals surface area (Å²) < 4.78 is 6.31. The highest BCUT2D eigenvalue weighted by atomic mass is 16.5. The van der Waals surface area contributed by atoms with Gasteiger partial charge in [0.15, 0.2) is 0 Å². The molecule has 0 bridgehead atoms. The van der Waals surface area contributed by atoms with Gasteiger partial charge in [0.1, 0.15) is 12.4 Å². The lowest BCUT2D eigenvalue weighted by Gasteiger charge is -2.53. The highest BCUT2D eigenvalue weighted by molar-refractivity contribution is 5.71. The van der Waals surface area contributed by atoms with E-state index in [1.807, 2.05) is 0 Å². The minimum atomic E-state index is 0.560. The molecular weight excluding hydrogens is 404 g/mol. The van der Waals surface area contributed by atoms with Gasteiger partial charge in [-0.05, 0) is 77.4 Å². The summed E-state index contributed by atoms with van der Waals surface area (Å²) in [5, 5.41) is 0. The summed E-state index contributed by atoms with van der Waals surface area (Å²) in [6.45, 7) is 5.70. The van der Waals surface area contributed by atoms with Crippen LogP contribution in [0.25, 0.3) is 11.1 Å². The lowest BCUT2D eigenvalue weighted by Crippen LogP contribution is -2.57. The van der Waals surface area contributed by atoms with E-state index in [2.05, 4.69) is 78.6 Å². The van der Waals surface area contributed by atoms with Crippen molar-refractivity contribution in [1.29, 1.82) is 0 Å². The smallest absolute Gasteiger partial charge is 0.122 e. The number of para-hydroxylation sites is 1. The van der Waals surface area contributed by atoms with Crippen molar-refractivity contribution >= 4 is 5.69 Å². The van der Waals surface area contributed by atoms with Gasteiger partial charge < -0.3 is 15.4 Å². The number of anilines is 1. The number of hydrogen-bond acceptors (Lipinski definition) is 3. The van der Waals surface area contributed by atoms with Crippen molar-refractivity contribution < 1.29 is 4.74 Å². The zero-order chi connectivity index (χ0) is 22.7. The van der Waals surface area contributed by atoms with Crippen LogP contribution in [0, 0.1) is 5.41 Å². The lowest BCUT2D eigenvalue weighted by atomic mass is 9.68. The fourth-order valence-corrected chi connectivity index (χ4v) is 5.65. The Morgan fingerprint density at radius 2 is 1.64 bits per heavy atom. The van der Waals surface area contributed by atoms with Crippen LogP contribution in [0.1, 0.15) is 55.7 Å². The molecule has 1 aliphatic heterocycles. The molecule has 33 heavy (non-hydrogen) atoms. The van der Waals surface area contributed by atoms with Crippen LogP contribution in [0.15, 0.2) is 66.7 Å². The van der Waals surface area contributed by atoms with E-state index in [4.69, 9.17) is 10.5 Å². The second kappa shape index (κ2) is 9.61. The number of nitrogens with two attached hydrogens (primary N) is 1. The van der Waals surface area contributed by atoms with Gasteiger partial charge in [-0.1, -0.05) is 62.6 Å². The molecule has 0 radical (unpaired) electrons. The molecule has 1 aliphatic carbocycles. The van der Waals surface area contributed by atoms with E-state index in [1.165, 1.54) is 73.1 Å². The first-order valence-electron chi connectivity index (χ1n) is 12.6. The molecule has 2 N–H and O–H groups in total. The van der Waals surface area contributed by atoms with Gasteiger partial charge in [-0.3, -0.25) is 0 Å². The highest BCUT2D eigenvalue weighted by Gasteiger charge is 2.43. The molecule has 2 fully saturated rings. The van der Waals surface area contributed by atoms with Gasteiger partial charge in [-0.15, -0.1) is 0 Å². The Morgan fingerprint density at radius 3 is 2.42 bits per heavy atom. The summed E-state index contributed by atoms with van der Waals surface area (Å²) in [4.78, 5) is 2.57. The van der Waals surface area contributed by atoms with Crippen LogP contribution < -0.4 is 15.4 Å². The van der Waals surface area contributed by atoms with Gasteiger partial charge in [0.05, 0.1) is 0 Å². The number of rotatable bonds is 7. The third-order valence-electron chi connectivity index (χ3n) is 7.55. The third kappa shape index (κ3) is 4.79. The molecule has 172 valence electrons. The van der Waals surface area contributed by atoms with Crippen molar-refractivity contribution in [1.82, 2.24) is 0 Å². The molecule has 3 aromatic carbocycles. The number of benzene rings is 3. The average Bonchev–Trinajstić information content (AvgIpc) is 2.86. The molecule has 0 unspecified atom stereocenters. The van der Waals surface area contributed by atoms with Crippen LogP contribution in [0.5, 0.6) is 5.75 Å². The molecule has 0 amide bonds. The van der Waals surface area contributed by atoms with Crippen LogP contribution in [-0.4, -0.2) is 13.1 Å². The van der Waals surface area contributed by atoms with Crippen LogP contribution in [-0.2, 0) is 19.6 Å².